The van der Waals surface area contributed by atoms with Crippen LogP contribution in [0.1, 0.15) is 33.1 Å². The third-order valence-corrected chi connectivity index (χ3v) is 5.44. The Labute approximate surface area is 164 Å². The van der Waals surface area contributed by atoms with Crippen molar-refractivity contribution in [2.45, 2.75) is 45.2 Å². The summed E-state index contributed by atoms with van der Waals surface area (Å²) in [4.78, 5) is 52.5. The maximum Gasteiger partial charge on any atom is 0.281 e. The molecule has 3 amide bonds. The molecule has 2 aliphatic rings. The highest BCUT2D eigenvalue weighted by atomic mass is 35.5. The van der Waals surface area contributed by atoms with Gasteiger partial charge in [-0.25, -0.2) is 0 Å². The average Bonchev–Trinajstić information content (AvgIpc) is 3.17. The van der Waals surface area contributed by atoms with Crippen LogP contribution in [-0.4, -0.2) is 77.4 Å². The summed E-state index contributed by atoms with van der Waals surface area (Å²) >= 11 is 5.71. The smallest absolute Gasteiger partial charge is 0.281 e. The summed E-state index contributed by atoms with van der Waals surface area (Å²) in [6.07, 6.45) is 1.79. The molecule has 2 heterocycles. The van der Waals surface area contributed by atoms with Crippen LogP contribution in [0, 0.1) is 11.8 Å². The van der Waals surface area contributed by atoms with E-state index in [0.717, 1.165) is 0 Å². The Hall–Kier alpha value is -1.67. The number of carbonyl (C=O) groups excluding carboxylic acids is 4. The number of alkyl halides is 1. The Bertz CT molecular complexity index is 598. The molecule has 27 heavy (non-hydrogen) atoms. The molecule has 0 aromatic carbocycles. The number of amides is 3. The van der Waals surface area contributed by atoms with Crippen LogP contribution in [0.25, 0.3) is 0 Å². The van der Waals surface area contributed by atoms with Gasteiger partial charge < -0.3 is 20.9 Å². The molecule has 0 spiro atoms. The van der Waals surface area contributed by atoms with Crippen LogP contribution in [0.15, 0.2) is 0 Å². The molecular formula is C18H30ClN4O4+. The van der Waals surface area contributed by atoms with Gasteiger partial charge in [0.1, 0.15) is 5.88 Å². The van der Waals surface area contributed by atoms with E-state index in [-0.39, 0.29) is 60.4 Å². The molecule has 0 saturated carbocycles. The van der Waals surface area contributed by atoms with Gasteiger partial charge in [0.05, 0.1) is 18.5 Å². The lowest BCUT2D eigenvalue weighted by atomic mass is 9.98. The van der Waals surface area contributed by atoms with Crippen LogP contribution >= 0.6 is 11.6 Å². The summed E-state index contributed by atoms with van der Waals surface area (Å²) in [6, 6.07) is -0.900. The van der Waals surface area contributed by atoms with Crippen molar-refractivity contribution in [2.75, 3.05) is 32.1 Å². The topological polar surface area (TPSA) is 114 Å². The standard InChI is InChI=1S/C18H29ClN4O4/c1-11(2)7-14(23-6-4-13(20)18(23)27)15(24)10-22(16(25)8-19)9-12-3-5-21-17(12)26/h11-14H,3-10,20H2,1-2H3,(H,21,26)/p+1/t12-,13-,14-/m0/s1. The highest BCUT2D eigenvalue weighted by Crippen LogP contribution is 2.20. The molecule has 4 N–H and O–H groups in total. The maximum absolute atomic E-state index is 13.1. The van der Waals surface area contributed by atoms with Crippen LogP contribution < -0.4 is 11.1 Å². The predicted octanol–water partition coefficient (Wildman–Crippen LogP) is -0.983. The van der Waals surface area contributed by atoms with E-state index in [4.69, 9.17) is 11.6 Å². The third kappa shape index (κ3) is 5.42. The number of carbonyl (C=O) groups is 4. The van der Waals surface area contributed by atoms with E-state index in [0.29, 0.717) is 32.4 Å². The Balaban J connectivity index is 2.12. The highest BCUT2D eigenvalue weighted by Gasteiger charge is 2.40. The lowest BCUT2D eigenvalue weighted by molar-refractivity contribution is -0.401. The van der Waals surface area contributed by atoms with Gasteiger partial charge in [-0.2, -0.15) is 0 Å². The van der Waals surface area contributed by atoms with E-state index in [1.165, 1.54) is 4.90 Å². The van der Waals surface area contributed by atoms with Crippen molar-refractivity contribution in [2.24, 2.45) is 11.8 Å². The fourth-order valence-electron chi connectivity index (χ4n) is 3.67. The molecule has 152 valence electrons. The van der Waals surface area contributed by atoms with Crippen molar-refractivity contribution >= 4 is 35.1 Å². The van der Waals surface area contributed by atoms with Gasteiger partial charge in [-0.15, -0.1) is 11.6 Å². The van der Waals surface area contributed by atoms with Gasteiger partial charge in [0.2, 0.25) is 11.8 Å². The first-order valence-electron chi connectivity index (χ1n) is 9.52. The van der Waals surface area contributed by atoms with Crippen molar-refractivity contribution in [3.8, 4) is 0 Å². The molecule has 9 heteroatoms. The average molecular weight is 402 g/mol. The van der Waals surface area contributed by atoms with Crippen molar-refractivity contribution < 1.29 is 24.9 Å². The van der Waals surface area contributed by atoms with Crippen LogP contribution in [0.4, 0.5) is 0 Å². The second kappa shape index (κ2) is 9.50. The van der Waals surface area contributed by atoms with E-state index in [1.807, 2.05) is 13.8 Å². The van der Waals surface area contributed by atoms with Crippen LogP contribution in [0.5, 0.6) is 0 Å². The molecule has 2 saturated heterocycles. The minimum absolute atomic E-state index is 0.108. The molecule has 8 nitrogen and oxygen atoms in total. The number of halogens is 1. The van der Waals surface area contributed by atoms with Gasteiger partial charge in [0, 0.05) is 26.1 Å². The first-order valence-corrected chi connectivity index (χ1v) is 10.1. The van der Waals surface area contributed by atoms with E-state index < -0.39 is 6.04 Å². The molecular weight excluding hydrogens is 372 g/mol. The van der Waals surface area contributed by atoms with Gasteiger partial charge in [-0.3, -0.25) is 19.2 Å². The quantitative estimate of drug-likeness (QED) is 0.483. The summed E-state index contributed by atoms with van der Waals surface area (Å²) in [6.45, 7) is 5.09. The highest BCUT2D eigenvalue weighted by molar-refractivity contribution is 6.27. The lowest BCUT2D eigenvalue weighted by Crippen LogP contribution is -2.65. The number of hydrogen-bond donors (Lipinski definition) is 2. The minimum Gasteiger partial charge on any atom is -0.356 e. The van der Waals surface area contributed by atoms with Gasteiger partial charge in [0.25, 0.3) is 5.91 Å². The molecule has 0 aliphatic carbocycles. The zero-order valence-corrected chi connectivity index (χ0v) is 16.8. The first-order chi connectivity index (χ1) is 12.7. The molecule has 0 unspecified atom stereocenters. The molecule has 2 fully saturated rings. The maximum atomic E-state index is 13.1. The van der Waals surface area contributed by atoms with Gasteiger partial charge >= 0.3 is 0 Å². The summed E-state index contributed by atoms with van der Waals surface area (Å²) < 4.78 is 0. The van der Waals surface area contributed by atoms with Gasteiger partial charge in [-0.05, 0) is 18.8 Å². The van der Waals surface area contributed by atoms with Gasteiger partial charge in [-0.1, -0.05) is 13.8 Å². The van der Waals surface area contributed by atoms with Crippen LogP contribution in [-0.2, 0) is 19.2 Å². The number of Topliss-reactive ketones (excluding diaryl/α,β-unsaturated/α-hetero) is 1. The largest absolute Gasteiger partial charge is 0.356 e. The summed E-state index contributed by atoms with van der Waals surface area (Å²) in [5.74, 6) is -1.15. The lowest BCUT2D eigenvalue weighted by Gasteiger charge is -2.31. The van der Waals surface area contributed by atoms with Crippen molar-refractivity contribution in [1.29, 1.82) is 0 Å². The number of rotatable bonds is 9. The SMILES string of the molecule is CC(C)C[C@@H](C(=O)CN(C[C@@H]1CCNC1=O)C(=O)CCl)N1CC[C@H]([NH3+])C1=O. The van der Waals surface area contributed by atoms with E-state index >= 15 is 0 Å². The monoisotopic (exact) mass is 401 g/mol. The Morgan fingerprint density at radius 1 is 1.33 bits per heavy atom. The summed E-state index contributed by atoms with van der Waals surface area (Å²) in [7, 11) is 0. The number of nitrogens with zero attached hydrogens (tertiary/aromatic N) is 2. The zero-order valence-electron chi connectivity index (χ0n) is 16.1. The third-order valence-electron chi connectivity index (χ3n) is 5.21. The Kier molecular flexibility index (Phi) is 7.61. The fourth-order valence-corrected chi connectivity index (χ4v) is 3.84. The molecule has 0 bridgehead atoms. The van der Waals surface area contributed by atoms with Gasteiger partial charge in [0.15, 0.2) is 11.8 Å². The Morgan fingerprint density at radius 2 is 2.04 bits per heavy atom. The zero-order chi connectivity index (χ0) is 20.1. The number of likely N-dealkylation sites (tertiary alicyclic amines) is 1. The molecule has 0 aromatic rings. The minimum atomic E-state index is -0.577. The molecule has 0 radical (unpaired) electrons. The second-order valence-electron chi connectivity index (χ2n) is 7.81. The van der Waals surface area contributed by atoms with Crippen molar-refractivity contribution in [3.05, 3.63) is 0 Å². The van der Waals surface area contributed by atoms with Crippen molar-refractivity contribution in [3.63, 3.8) is 0 Å². The molecule has 2 rings (SSSR count). The Morgan fingerprint density at radius 3 is 2.52 bits per heavy atom. The normalized spacial score (nSPS) is 23.7. The fraction of sp³-hybridized carbons (Fsp3) is 0.778. The van der Waals surface area contributed by atoms with Crippen LogP contribution in [0.3, 0.4) is 0 Å². The van der Waals surface area contributed by atoms with E-state index in [1.54, 1.807) is 4.90 Å². The van der Waals surface area contributed by atoms with Crippen molar-refractivity contribution in [1.82, 2.24) is 15.1 Å². The number of hydrogen-bond acceptors (Lipinski definition) is 4. The number of quaternary nitrogens is 1. The first kappa shape index (κ1) is 21.6. The molecule has 2 aliphatic heterocycles. The van der Waals surface area contributed by atoms with Crippen LogP contribution in [0.2, 0.25) is 0 Å². The van der Waals surface area contributed by atoms with E-state index in [2.05, 4.69) is 11.1 Å². The number of nitrogens with one attached hydrogen (secondary N) is 1. The molecule has 0 aromatic heterocycles. The number of ketones is 1. The predicted molar refractivity (Wildman–Crippen MR) is 99.7 cm³/mol. The second-order valence-corrected chi connectivity index (χ2v) is 8.08. The summed E-state index contributed by atoms with van der Waals surface area (Å²) in [5.41, 5.74) is 3.84. The van der Waals surface area contributed by atoms with E-state index in [9.17, 15) is 19.2 Å². The molecule has 3 atom stereocenters. The summed E-state index contributed by atoms with van der Waals surface area (Å²) in [5, 5.41) is 2.73.